The lowest BCUT2D eigenvalue weighted by atomic mass is 10.0. The number of imidazole rings is 1. The summed E-state index contributed by atoms with van der Waals surface area (Å²) in [5, 5.41) is 10.3. The summed E-state index contributed by atoms with van der Waals surface area (Å²) in [6.45, 7) is 4.78. The van der Waals surface area contributed by atoms with Gasteiger partial charge in [0.1, 0.15) is 0 Å². The molecule has 0 radical (unpaired) electrons. The Morgan fingerprint density at radius 1 is 0.565 bits per heavy atom. The van der Waals surface area contributed by atoms with Gasteiger partial charge in [-0.2, -0.15) is 0 Å². The summed E-state index contributed by atoms with van der Waals surface area (Å²) in [6, 6.07) is 0. The molecule has 0 aromatic carbocycles. The quantitative estimate of drug-likeness (QED) is 0.0594. The molecule has 264 valence electrons. The zero-order chi connectivity index (χ0) is 32.9. The van der Waals surface area contributed by atoms with Gasteiger partial charge in [-0.1, -0.05) is 139 Å². The van der Waals surface area contributed by atoms with E-state index in [0.29, 0.717) is 0 Å². The average Bonchev–Trinajstić information content (AvgIpc) is 3.59. The van der Waals surface area contributed by atoms with E-state index in [1.165, 1.54) is 135 Å². The molecule has 1 unspecified atom stereocenters. The van der Waals surface area contributed by atoms with Crippen LogP contribution in [0.5, 0.6) is 0 Å². The van der Waals surface area contributed by atoms with Crippen LogP contribution in [0, 0.1) is 0 Å². The molecule has 0 saturated heterocycles. The van der Waals surface area contributed by atoms with Crippen LogP contribution < -0.4 is 0 Å². The molecule has 4 heteroatoms. The van der Waals surface area contributed by atoms with Crippen LogP contribution in [-0.4, -0.2) is 34.0 Å². The number of unbranched alkanes of at least 4 members (excludes halogenated alkanes) is 18. The predicted molar refractivity (Wildman–Crippen MR) is 201 cm³/mol. The maximum absolute atomic E-state index is 10.3. The molecule has 4 nitrogen and oxygen atoms in total. The van der Waals surface area contributed by atoms with E-state index in [9.17, 15) is 5.11 Å². The van der Waals surface area contributed by atoms with Crippen molar-refractivity contribution in [1.29, 1.82) is 0 Å². The van der Waals surface area contributed by atoms with Gasteiger partial charge < -0.3 is 14.4 Å². The highest BCUT2D eigenvalue weighted by Gasteiger charge is 2.03. The smallest absolute Gasteiger partial charge is 0.0946 e. The summed E-state index contributed by atoms with van der Waals surface area (Å²) in [7, 11) is 0. The largest absolute Gasteiger partial charge is 0.393 e. The molecule has 1 N–H and O–H groups in total. The van der Waals surface area contributed by atoms with Crippen LogP contribution in [0.1, 0.15) is 174 Å². The molecular formula is C42H74N2O2. The maximum Gasteiger partial charge on any atom is 0.0946 e. The summed E-state index contributed by atoms with van der Waals surface area (Å²) < 4.78 is 7.75. The van der Waals surface area contributed by atoms with E-state index in [1.807, 2.05) is 12.5 Å². The fourth-order valence-corrected chi connectivity index (χ4v) is 5.70. The number of rotatable bonds is 35. The molecule has 0 fully saturated rings. The van der Waals surface area contributed by atoms with Crippen molar-refractivity contribution in [2.75, 3.05) is 13.2 Å². The minimum absolute atomic E-state index is 0.0753. The molecule has 1 rings (SSSR count). The van der Waals surface area contributed by atoms with Gasteiger partial charge in [0.25, 0.3) is 0 Å². The van der Waals surface area contributed by atoms with E-state index < -0.39 is 0 Å². The normalized spacial score (nSPS) is 13.0. The lowest BCUT2D eigenvalue weighted by Crippen LogP contribution is -2.05. The Hall–Kier alpha value is -1.91. The van der Waals surface area contributed by atoms with Crippen molar-refractivity contribution >= 4 is 0 Å². The monoisotopic (exact) mass is 639 g/mol. The summed E-state index contributed by atoms with van der Waals surface area (Å²) >= 11 is 0. The zero-order valence-corrected chi connectivity index (χ0v) is 30.2. The SMILES string of the molecule is CCCCC/C=C\C/C=C\CCCCCCCCC(O)CCCCCCCC/C=C\C/C=C\CCCCCOCCn1ccnc1. The average molecular weight is 639 g/mol. The highest BCUT2D eigenvalue weighted by atomic mass is 16.5. The number of aliphatic hydroxyl groups is 1. The Morgan fingerprint density at radius 2 is 1.02 bits per heavy atom. The van der Waals surface area contributed by atoms with Crippen LogP contribution in [0.3, 0.4) is 0 Å². The molecule has 1 aromatic heterocycles. The van der Waals surface area contributed by atoms with E-state index in [0.717, 1.165) is 51.9 Å². The van der Waals surface area contributed by atoms with Gasteiger partial charge in [-0.25, -0.2) is 4.98 Å². The molecule has 0 aliphatic heterocycles. The summed E-state index contributed by atoms with van der Waals surface area (Å²) in [6.07, 6.45) is 56.5. The van der Waals surface area contributed by atoms with Gasteiger partial charge in [0, 0.05) is 25.5 Å². The molecule has 0 bridgehead atoms. The second-order valence-corrected chi connectivity index (χ2v) is 13.2. The van der Waals surface area contributed by atoms with E-state index in [-0.39, 0.29) is 6.10 Å². The minimum atomic E-state index is -0.0753. The molecule has 0 spiro atoms. The van der Waals surface area contributed by atoms with Crippen molar-refractivity contribution in [1.82, 2.24) is 9.55 Å². The van der Waals surface area contributed by atoms with Gasteiger partial charge in [0.15, 0.2) is 0 Å². The van der Waals surface area contributed by atoms with Crippen molar-refractivity contribution in [2.24, 2.45) is 0 Å². The Labute approximate surface area is 285 Å². The standard InChI is InChI=1S/C42H74N2O2/c1-2-3-4-5-6-7-8-9-10-13-16-19-22-25-28-31-34-42(45)35-32-29-26-23-20-17-14-11-12-15-18-21-24-27-30-33-39-46-40-38-44-37-36-43-41-44/h6-7,9-12,18,21,36-37,41-42,45H,2-5,8,13-17,19-20,22-35,38-40H2,1H3/b7-6-,10-9-,12-11-,21-18-. The first-order valence-corrected chi connectivity index (χ1v) is 19.6. The van der Waals surface area contributed by atoms with Crippen molar-refractivity contribution < 1.29 is 9.84 Å². The Balaban J connectivity index is 1.73. The Kier molecular flexibility index (Phi) is 32.9. The molecule has 1 aromatic rings. The minimum Gasteiger partial charge on any atom is -0.393 e. The van der Waals surface area contributed by atoms with Gasteiger partial charge >= 0.3 is 0 Å². The third-order valence-electron chi connectivity index (χ3n) is 8.71. The molecule has 0 aliphatic carbocycles. The highest BCUT2D eigenvalue weighted by molar-refractivity contribution is 4.93. The first kappa shape index (κ1) is 42.1. The first-order valence-electron chi connectivity index (χ1n) is 19.6. The van der Waals surface area contributed by atoms with Crippen LogP contribution >= 0.6 is 0 Å². The number of aromatic nitrogens is 2. The van der Waals surface area contributed by atoms with E-state index in [2.05, 4.69) is 65.1 Å². The summed E-state index contributed by atoms with van der Waals surface area (Å²) in [5.41, 5.74) is 0. The van der Waals surface area contributed by atoms with Gasteiger partial charge in [0.05, 0.1) is 19.0 Å². The second-order valence-electron chi connectivity index (χ2n) is 13.2. The second kappa shape index (κ2) is 35.9. The predicted octanol–water partition coefficient (Wildman–Crippen LogP) is 12.6. The van der Waals surface area contributed by atoms with Crippen molar-refractivity contribution in [3.05, 3.63) is 67.3 Å². The van der Waals surface area contributed by atoms with Crippen molar-refractivity contribution in [3.8, 4) is 0 Å². The molecule has 46 heavy (non-hydrogen) atoms. The van der Waals surface area contributed by atoms with Crippen molar-refractivity contribution in [2.45, 2.75) is 187 Å². The lowest BCUT2D eigenvalue weighted by molar-refractivity contribution is 0.122. The van der Waals surface area contributed by atoms with E-state index in [1.54, 1.807) is 6.20 Å². The van der Waals surface area contributed by atoms with E-state index >= 15 is 0 Å². The third kappa shape index (κ3) is 32.0. The van der Waals surface area contributed by atoms with E-state index in [4.69, 9.17) is 4.74 Å². The Bertz CT molecular complexity index is 827. The zero-order valence-electron chi connectivity index (χ0n) is 30.2. The van der Waals surface area contributed by atoms with Crippen molar-refractivity contribution in [3.63, 3.8) is 0 Å². The lowest BCUT2D eigenvalue weighted by Gasteiger charge is -2.10. The number of allylic oxidation sites excluding steroid dienone is 8. The number of nitrogens with zero attached hydrogens (tertiary/aromatic N) is 2. The van der Waals surface area contributed by atoms with Gasteiger partial charge in [-0.05, 0) is 83.5 Å². The molecule has 0 amide bonds. The van der Waals surface area contributed by atoms with Gasteiger partial charge in [-0.3, -0.25) is 0 Å². The number of hydrogen-bond donors (Lipinski definition) is 1. The maximum atomic E-state index is 10.3. The van der Waals surface area contributed by atoms with Crippen LogP contribution in [0.15, 0.2) is 67.3 Å². The molecule has 1 heterocycles. The molecule has 0 saturated carbocycles. The summed E-state index contributed by atoms with van der Waals surface area (Å²) in [4.78, 5) is 4.04. The fraction of sp³-hybridized carbons (Fsp3) is 0.738. The molecule has 0 aliphatic rings. The number of ether oxygens (including phenoxy) is 1. The highest BCUT2D eigenvalue weighted by Crippen LogP contribution is 2.15. The first-order chi connectivity index (χ1) is 22.8. The van der Waals surface area contributed by atoms with Gasteiger partial charge in [0.2, 0.25) is 0 Å². The molecule has 1 atom stereocenters. The van der Waals surface area contributed by atoms with Crippen LogP contribution in [-0.2, 0) is 11.3 Å². The number of aliphatic hydroxyl groups excluding tert-OH is 1. The third-order valence-corrected chi connectivity index (χ3v) is 8.71. The van der Waals surface area contributed by atoms with Crippen LogP contribution in [0.2, 0.25) is 0 Å². The van der Waals surface area contributed by atoms with Gasteiger partial charge in [-0.15, -0.1) is 0 Å². The number of hydrogen-bond acceptors (Lipinski definition) is 3. The fourth-order valence-electron chi connectivity index (χ4n) is 5.70. The van der Waals surface area contributed by atoms with Crippen LogP contribution in [0.25, 0.3) is 0 Å². The summed E-state index contributed by atoms with van der Waals surface area (Å²) in [5.74, 6) is 0. The Morgan fingerprint density at radius 3 is 1.50 bits per heavy atom. The topological polar surface area (TPSA) is 47.3 Å². The van der Waals surface area contributed by atoms with Crippen LogP contribution in [0.4, 0.5) is 0 Å². The molecular weight excluding hydrogens is 564 g/mol.